The number of nitrogens with two attached hydrogens (primary N) is 1. The van der Waals surface area contributed by atoms with Crippen LogP contribution in [0.25, 0.3) is 0 Å². The van der Waals surface area contributed by atoms with Crippen molar-refractivity contribution in [2.75, 3.05) is 7.11 Å². The molecule has 0 atom stereocenters. The Hall–Kier alpha value is -2.78. The molecular formula is C28H37NO2. The fourth-order valence-electron chi connectivity index (χ4n) is 3.38. The highest BCUT2D eigenvalue weighted by molar-refractivity contribution is 5.51. The number of ether oxygens (including phenoxy) is 1. The number of hydrogen-bond donors (Lipinski definition) is 2. The van der Waals surface area contributed by atoms with Gasteiger partial charge in [-0.05, 0) is 34.1 Å². The van der Waals surface area contributed by atoms with Gasteiger partial charge in [-0.2, -0.15) is 0 Å². The fraction of sp³-hybridized carbons (Fsp3) is 0.357. The van der Waals surface area contributed by atoms with Crippen molar-refractivity contribution in [3.63, 3.8) is 0 Å². The molecule has 3 aromatic rings. The van der Waals surface area contributed by atoms with E-state index in [0.717, 1.165) is 28.0 Å². The molecule has 0 heterocycles. The highest BCUT2D eigenvalue weighted by atomic mass is 16.5. The van der Waals surface area contributed by atoms with E-state index in [1.807, 2.05) is 48.5 Å². The lowest BCUT2D eigenvalue weighted by molar-refractivity contribution is 0.395. The molecule has 0 saturated carbocycles. The van der Waals surface area contributed by atoms with E-state index in [1.165, 1.54) is 0 Å². The van der Waals surface area contributed by atoms with Crippen molar-refractivity contribution in [2.45, 2.75) is 58.4 Å². The summed E-state index contributed by atoms with van der Waals surface area (Å²) in [6.07, 6.45) is 0. The second-order valence-electron chi connectivity index (χ2n) is 9.87. The van der Waals surface area contributed by atoms with Crippen LogP contribution in [-0.4, -0.2) is 12.2 Å². The van der Waals surface area contributed by atoms with Gasteiger partial charge in [0.15, 0.2) is 0 Å². The molecule has 3 aromatic carbocycles. The molecule has 3 rings (SSSR count). The van der Waals surface area contributed by atoms with E-state index in [-0.39, 0.29) is 16.9 Å². The van der Waals surface area contributed by atoms with Gasteiger partial charge in [0, 0.05) is 11.1 Å². The third kappa shape index (κ3) is 6.60. The number of phenolic OH excluding ortho intramolecular Hbond substituents is 1. The van der Waals surface area contributed by atoms with Crippen molar-refractivity contribution in [3.8, 4) is 11.5 Å². The van der Waals surface area contributed by atoms with E-state index < -0.39 is 0 Å². The lowest BCUT2D eigenvalue weighted by atomic mass is 9.79. The maximum absolute atomic E-state index is 10.4. The highest BCUT2D eigenvalue weighted by Gasteiger charge is 2.26. The molecule has 3 nitrogen and oxygen atoms in total. The summed E-state index contributed by atoms with van der Waals surface area (Å²) in [6, 6.07) is 24.1. The molecule has 0 aliphatic carbocycles. The zero-order valence-corrected chi connectivity index (χ0v) is 19.9. The number of aromatic hydroxyl groups is 1. The molecule has 0 bridgehead atoms. The predicted octanol–water partition coefficient (Wildman–Crippen LogP) is 6.73. The summed E-state index contributed by atoms with van der Waals surface area (Å²) in [5.74, 6) is 1.20. The third-order valence-corrected chi connectivity index (χ3v) is 5.25. The lowest BCUT2D eigenvalue weighted by Gasteiger charge is -2.27. The van der Waals surface area contributed by atoms with E-state index in [4.69, 9.17) is 10.5 Å². The van der Waals surface area contributed by atoms with Crippen LogP contribution in [-0.2, 0) is 10.8 Å². The van der Waals surface area contributed by atoms with Gasteiger partial charge in [0.05, 0.1) is 13.2 Å². The summed E-state index contributed by atoms with van der Waals surface area (Å²) in [4.78, 5) is 0. The number of phenols is 1. The molecule has 3 heteroatoms. The smallest absolute Gasteiger partial charge is 0.123 e. The molecule has 0 unspecified atom stereocenters. The van der Waals surface area contributed by atoms with Gasteiger partial charge in [0.1, 0.15) is 11.5 Å². The van der Waals surface area contributed by atoms with Crippen molar-refractivity contribution < 1.29 is 9.84 Å². The number of benzene rings is 3. The van der Waals surface area contributed by atoms with E-state index in [1.54, 1.807) is 7.11 Å². The van der Waals surface area contributed by atoms with Crippen molar-refractivity contribution in [2.24, 2.45) is 5.73 Å². The van der Waals surface area contributed by atoms with Crippen LogP contribution in [0.1, 0.15) is 69.8 Å². The molecule has 0 saturated heterocycles. The lowest BCUT2D eigenvalue weighted by Crippen LogP contribution is -2.17. The first kappa shape index (κ1) is 24.5. The summed E-state index contributed by atoms with van der Waals surface area (Å²) in [5.41, 5.74) is 10.1. The van der Waals surface area contributed by atoms with Crippen molar-refractivity contribution >= 4 is 0 Å². The van der Waals surface area contributed by atoms with E-state index in [0.29, 0.717) is 5.75 Å². The monoisotopic (exact) mass is 419 g/mol. The van der Waals surface area contributed by atoms with Gasteiger partial charge in [-0.1, -0.05) is 102 Å². The van der Waals surface area contributed by atoms with Gasteiger partial charge in [0.2, 0.25) is 0 Å². The van der Waals surface area contributed by atoms with Gasteiger partial charge >= 0.3 is 0 Å². The summed E-state index contributed by atoms with van der Waals surface area (Å²) in [7, 11) is 1.66. The van der Waals surface area contributed by atoms with Crippen LogP contribution in [0.15, 0.2) is 72.8 Å². The molecule has 0 radical (unpaired) electrons. The average Bonchev–Trinajstić information content (AvgIpc) is 2.73. The van der Waals surface area contributed by atoms with Crippen LogP contribution >= 0.6 is 0 Å². The van der Waals surface area contributed by atoms with Gasteiger partial charge in [-0.3, -0.25) is 0 Å². The van der Waals surface area contributed by atoms with Crippen LogP contribution < -0.4 is 10.5 Å². The summed E-state index contributed by atoms with van der Waals surface area (Å²) in [5, 5.41) is 10.4. The molecular weight excluding hydrogens is 382 g/mol. The number of hydrogen-bond acceptors (Lipinski definition) is 3. The predicted molar refractivity (Wildman–Crippen MR) is 131 cm³/mol. The largest absolute Gasteiger partial charge is 0.507 e. The first-order valence-electron chi connectivity index (χ1n) is 10.7. The maximum atomic E-state index is 10.4. The van der Waals surface area contributed by atoms with Crippen molar-refractivity contribution in [1.82, 2.24) is 0 Å². The van der Waals surface area contributed by atoms with Gasteiger partial charge in [-0.15, -0.1) is 0 Å². The SMILES string of the molecule is COc1cc(C(C)(C)C)c(O)c(C(C)(C)C)c1.NC(c1ccccc1)c1ccccc1. The first-order valence-corrected chi connectivity index (χ1v) is 10.7. The first-order chi connectivity index (χ1) is 14.4. The Labute approximate surface area is 187 Å². The molecule has 166 valence electrons. The molecule has 0 aromatic heterocycles. The van der Waals surface area contributed by atoms with Crippen LogP contribution in [0.2, 0.25) is 0 Å². The summed E-state index contributed by atoms with van der Waals surface area (Å²) >= 11 is 0. The Morgan fingerprint density at radius 1 is 0.710 bits per heavy atom. The Morgan fingerprint density at radius 2 is 1.06 bits per heavy atom. The molecule has 0 aliphatic rings. The zero-order chi connectivity index (χ0) is 23.2. The molecule has 0 spiro atoms. The number of rotatable bonds is 3. The van der Waals surface area contributed by atoms with Crippen LogP contribution in [0, 0.1) is 0 Å². The molecule has 0 amide bonds. The zero-order valence-electron chi connectivity index (χ0n) is 19.9. The standard InChI is InChI=1S/C15H24O2.C13H13N/c1-14(2,3)11-8-10(17-7)9-12(13(11)16)15(4,5)6;14-13(11-7-3-1-4-8-11)12-9-5-2-6-10-12/h8-9,16H,1-7H3;1-10,13H,14H2. The quantitative estimate of drug-likeness (QED) is 0.495. The normalized spacial score (nSPS) is 11.6. The minimum atomic E-state index is -0.0986. The maximum Gasteiger partial charge on any atom is 0.123 e. The Balaban J connectivity index is 0.000000224. The molecule has 0 aliphatic heterocycles. The minimum absolute atomic E-state index is 0.0163. The van der Waals surface area contributed by atoms with Crippen LogP contribution in [0.5, 0.6) is 11.5 Å². The van der Waals surface area contributed by atoms with E-state index >= 15 is 0 Å². The molecule has 31 heavy (non-hydrogen) atoms. The van der Waals surface area contributed by atoms with Crippen LogP contribution in [0.4, 0.5) is 0 Å². The van der Waals surface area contributed by atoms with Crippen molar-refractivity contribution in [3.05, 3.63) is 95.1 Å². The second-order valence-corrected chi connectivity index (χ2v) is 9.87. The molecule has 3 N–H and O–H groups in total. The van der Waals surface area contributed by atoms with Gasteiger partial charge in [-0.25, -0.2) is 0 Å². The fourth-order valence-corrected chi connectivity index (χ4v) is 3.38. The Kier molecular flexibility index (Phi) is 7.91. The van der Waals surface area contributed by atoms with Gasteiger partial charge < -0.3 is 15.6 Å². The van der Waals surface area contributed by atoms with E-state index in [2.05, 4.69) is 65.8 Å². The highest BCUT2D eigenvalue weighted by Crippen LogP contribution is 2.41. The number of methoxy groups -OCH3 is 1. The summed E-state index contributed by atoms with van der Waals surface area (Å²) < 4.78 is 5.33. The Morgan fingerprint density at radius 3 is 1.35 bits per heavy atom. The van der Waals surface area contributed by atoms with E-state index in [9.17, 15) is 5.11 Å². The molecule has 0 fully saturated rings. The van der Waals surface area contributed by atoms with Crippen LogP contribution in [0.3, 0.4) is 0 Å². The Bertz CT molecular complexity index is 877. The van der Waals surface area contributed by atoms with Gasteiger partial charge in [0.25, 0.3) is 0 Å². The second kappa shape index (κ2) is 10.0. The summed E-state index contributed by atoms with van der Waals surface area (Å²) in [6.45, 7) is 12.5. The topological polar surface area (TPSA) is 55.5 Å². The minimum Gasteiger partial charge on any atom is -0.507 e. The average molecular weight is 420 g/mol. The third-order valence-electron chi connectivity index (χ3n) is 5.25. The van der Waals surface area contributed by atoms with Crippen molar-refractivity contribution in [1.29, 1.82) is 0 Å².